The Kier molecular flexibility index (Phi) is 11.9. The van der Waals surface area contributed by atoms with E-state index in [2.05, 4.69) is 19.9 Å². The number of carbonyl (C=O) groups is 4. The minimum atomic E-state index is -4.09. The zero-order valence-electron chi connectivity index (χ0n) is 35.7. The average Bonchev–Trinajstić information content (AvgIpc) is 4.08. The molecular formula is C43H58F2N6O9S. The number of benzene rings is 1. The van der Waals surface area contributed by atoms with E-state index >= 15 is 13.6 Å². The van der Waals surface area contributed by atoms with Gasteiger partial charge in [0, 0.05) is 43.1 Å². The maximum absolute atomic E-state index is 15.4. The van der Waals surface area contributed by atoms with Gasteiger partial charge in [0.15, 0.2) is 0 Å². The van der Waals surface area contributed by atoms with E-state index < -0.39 is 85.6 Å². The topological polar surface area (TPSA) is 188 Å². The number of carbonyl (C=O) groups excluding carboxylic acids is 3. The number of rotatable bonds is 9. The zero-order chi connectivity index (χ0) is 44.3. The fourth-order valence-corrected chi connectivity index (χ4v) is 10.4. The third-order valence-corrected chi connectivity index (χ3v) is 15.9. The number of allylic oxidation sites excluding steroid dienone is 1. The summed E-state index contributed by atoms with van der Waals surface area (Å²) in [5.74, 6) is -7.35. The lowest BCUT2D eigenvalue weighted by atomic mass is 9.84. The summed E-state index contributed by atoms with van der Waals surface area (Å²) < 4.78 is 70.6. The molecule has 2 saturated carbocycles. The lowest BCUT2D eigenvalue weighted by Gasteiger charge is -2.47. The Bertz CT molecular complexity index is 2190. The molecule has 0 unspecified atom stereocenters. The van der Waals surface area contributed by atoms with Gasteiger partial charge in [-0.3, -0.25) is 24.0 Å². The first-order valence-corrected chi connectivity index (χ1v) is 22.7. The average molecular weight is 873 g/mol. The van der Waals surface area contributed by atoms with Crippen LogP contribution in [0.5, 0.6) is 5.88 Å². The molecule has 2 saturated heterocycles. The van der Waals surface area contributed by atoms with Crippen LogP contribution in [0.1, 0.15) is 86.5 Å². The first-order chi connectivity index (χ1) is 28.6. The van der Waals surface area contributed by atoms with Gasteiger partial charge in [0.2, 0.25) is 27.7 Å². The monoisotopic (exact) mass is 872 g/mol. The second kappa shape index (κ2) is 16.3. The summed E-state index contributed by atoms with van der Waals surface area (Å²) in [6.07, 6.45) is 4.86. The number of hydrogen-bond acceptors (Lipinski definition) is 10. The molecule has 4 fully saturated rings. The summed E-state index contributed by atoms with van der Waals surface area (Å²) >= 11 is 0. The van der Waals surface area contributed by atoms with Crippen LogP contribution < -0.4 is 19.7 Å². The van der Waals surface area contributed by atoms with Crippen molar-refractivity contribution in [2.75, 3.05) is 37.7 Å². The Morgan fingerprint density at radius 1 is 1.08 bits per heavy atom. The van der Waals surface area contributed by atoms with E-state index in [0.717, 1.165) is 24.9 Å². The third-order valence-electron chi connectivity index (χ3n) is 13.7. The van der Waals surface area contributed by atoms with Gasteiger partial charge in [-0.15, -0.1) is 0 Å². The third kappa shape index (κ3) is 8.50. The fourth-order valence-electron chi connectivity index (χ4n) is 9.12. The molecule has 7 atom stereocenters. The highest BCUT2D eigenvalue weighted by Gasteiger charge is 2.63. The van der Waals surface area contributed by atoms with Crippen LogP contribution in [0.25, 0.3) is 10.8 Å². The molecule has 15 nitrogen and oxygen atoms in total. The van der Waals surface area contributed by atoms with Crippen LogP contribution in [0.2, 0.25) is 0 Å². The maximum Gasteiger partial charge on any atom is 0.408 e. The number of hydrogen-bond donors (Lipinski definition) is 3. The Morgan fingerprint density at radius 2 is 1.75 bits per heavy atom. The van der Waals surface area contributed by atoms with Gasteiger partial charge < -0.3 is 29.7 Å². The largest absolute Gasteiger partial charge is 0.472 e. The van der Waals surface area contributed by atoms with E-state index in [1.807, 2.05) is 37.3 Å². The van der Waals surface area contributed by atoms with Crippen molar-refractivity contribution in [2.45, 2.75) is 126 Å². The number of anilines is 1. The molecule has 2 aliphatic carbocycles. The van der Waals surface area contributed by atoms with Gasteiger partial charge in [0.25, 0.3) is 11.8 Å². The number of sulfonamides is 1. The van der Waals surface area contributed by atoms with Crippen LogP contribution in [-0.4, -0.2) is 125 Å². The fraction of sp³-hybridized carbons (Fsp3) is 0.651. The van der Waals surface area contributed by atoms with Crippen LogP contribution in [0.15, 0.2) is 42.6 Å². The molecule has 5 aliphatic rings. The Labute approximate surface area is 355 Å². The quantitative estimate of drug-likeness (QED) is 0.285. The first-order valence-electron chi connectivity index (χ1n) is 21.2. The summed E-state index contributed by atoms with van der Waals surface area (Å²) in [6, 6.07) is 4.50. The number of nitrogens with one attached hydrogen (secondary N) is 2. The summed E-state index contributed by atoms with van der Waals surface area (Å²) in [7, 11) is -4.09. The highest BCUT2D eigenvalue weighted by Crippen LogP contribution is 2.48. The van der Waals surface area contributed by atoms with Crippen molar-refractivity contribution in [3.05, 3.63) is 42.6 Å². The van der Waals surface area contributed by atoms with E-state index in [1.165, 1.54) is 4.90 Å². The molecule has 0 radical (unpaired) electrons. The van der Waals surface area contributed by atoms with Crippen molar-refractivity contribution in [3.63, 3.8) is 0 Å². The molecule has 2 aromatic rings. The lowest BCUT2D eigenvalue weighted by Crippen LogP contribution is -2.66. The standard InChI is InChI=1S/C43H58F2N6O9S/c1-26-11-7-8-12-28-23-43(28,38(54)48-61(57,58)41(5)15-16-41)47-35(52)32-22-29(60-36-31-14-10-9-13-30(31)33(24-46-36)49-17-19-59-20-18-49)25-50(32)37(53)34(27(2)21-26)51(39(55)56)40(3,4)42(6,44)45/h8-10,12-14,24,26-29,32,34H,7,11,15-23,25H2,1-6H3,(H,47,52)(H,48,54)(H,55,56)/t26-,27+,28+,29+,32-,34-,43+/m0/s1. The van der Waals surface area contributed by atoms with E-state index in [9.17, 15) is 27.9 Å². The number of fused-ring (bicyclic) bond motifs is 3. The number of morpholine rings is 1. The Morgan fingerprint density at radius 3 is 2.39 bits per heavy atom. The van der Waals surface area contributed by atoms with Gasteiger partial charge in [0.05, 0.1) is 36.4 Å². The lowest BCUT2D eigenvalue weighted by molar-refractivity contribution is -0.156. The van der Waals surface area contributed by atoms with Crippen LogP contribution >= 0.6 is 0 Å². The predicted octanol–water partition coefficient (Wildman–Crippen LogP) is 5.09. The van der Waals surface area contributed by atoms with Crippen molar-refractivity contribution in [2.24, 2.45) is 17.8 Å². The van der Waals surface area contributed by atoms with Crippen LogP contribution in [0.4, 0.5) is 19.3 Å². The van der Waals surface area contributed by atoms with Crippen LogP contribution in [0, 0.1) is 17.8 Å². The number of amides is 4. The van der Waals surface area contributed by atoms with Gasteiger partial charge in [0.1, 0.15) is 29.3 Å². The molecular weight excluding hydrogens is 815 g/mol. The van der Waals surface area contributed by atoms with E-state index in [-0.39, 0.29) is 31.2 Å². The molecule has 1 aromatic carbocycles. The van der Waals surface area contributed by atoms with Crippen LogP contribution in [-0.2, 0) is 29.1 Å². The highest BCUT2D eigenvalue weighted by molar-refractivity contribution is 7.91. The van der Waals surface area contributed by atoms with Gasteiger partial charge in [-0.25, -0.2) is 27.0 Å². The number of carboxylic acid groups (broad SMARTS) is 1. The van der Waals surface area contributed by atoms with Crippen LogP contribution in [0.3, 0.4) is 0 Å². The summed E-state index contributed by atoms with van der Waals surface area (Å²) in [5.41, 5.74) is -3.15. The van der Waals surface area contributed by atoms with Gasteiger partial charge in [-0.1, -0.05) is 44.2 Å². The van der Waals surface area contributed by atoms with E-state index in [4.69, 9.17) is 9.47 Å². The minimum Gasteiger partial charge on any atom is -0.472 e. The maximum atomic E-state index is 15.4. The van der Waals surface area contributed by atoms with E-state index in [0.29, 0.717) is 75.6 Å². The highest BCUT2D eigenvalue weighted by atomic mass is 32.2. The Hall–Kier alpha value is -4.58. The van der Waals surface area contributed by atoms with Gasteiger partial charge >= 0.3 is 6.09 Å². The van der Waals surface area contributed by atoms with Crippen molar-refractivity contribution in [1.29, 1.82) is 0 Å². The van der Waals surface area contributed by atoms with Gasteiger partial charge in [-0.05, 0) is 77.2 Å². The molecule has 4 heterocycles. The molecule has 3 N–H and O–H groups in total. The number of alkyl halides is 2. The summed E-state index contributed by atoms with van der Waals surface area (Å²) in [4.78, 5) is 65.7. The second-order valence-electron chi connectivity index (χ2n) is 18.6. The number of pyridine rings is 1. The number of aromatic nitrogens is 1. The zero-order valence-corrected chi connectivity index (χ0v) is 36.5. The number of ether oxygens (including phenoxy) is 2. The molecule has 3 aliphatic heterocycles. The minimum absolute atomic E-state index is 0.0948. The molecule has 7 rings (SSSR count). The molecule has 1 aromatic heterocycles. The second-order valence-corrected chi connectivity index (χ2v) is 20.8. The van der Waals surface area contributed by atoms with Crippen molar-refractivity contribution in [3.8, 4) is 5.88 Å². The number of halogens is 2. The molecule has 4 amide bonds. The first kappa shape index (κ1) is 44.5. The smallest absolute Gasteiger partial charge is 0.408 e. The Balaban J connectivity index is 1.28. The predicted molar refractivity (Wildman–Crippen MR) is 223 cm³/mol. The van der Waals surface area contributed by atoms with Crippen molar-refractivity contribution in [1.82, 2.24) is 24.8 Å². The SMILES string of the molecule is C[C@H]1CCC=C[C@@H]2C[C@@]2(C(=O)NS(=O)(=O)C2(C)CC2)NC(=O)[C@@H]2C[C@@H](Oc3ncc(N4CCOCC4)c4ccccc34)CN2C(=O)[C@@H](N(C(=O)O)C(C)(C)C(C)(F)F)[C@H](C)C1. The van der Waals surface area contributed by atoms with E-state index in [1.54, 1.807) is 26.1 Å². The number of nitrogens with zero attached hydrogens (tertiary/aromatic N) is 4. The molecule has 0 spiro atoms. The van der Waals surface area contributed by atoms with Crippen molar-refractivity contribution < 1.29 is 51.0 Å². The molecule has 18 heteroatoms. The summed E-state index contributed by atoms with van der Waals surface area (Å²) in [5, 5.41) is 15.0. The van der Waals surface area contributed by atoms with Crippen molar-refractivity contribution >= 4 is 50.3 Å². The molecule has 0 bridgehead atoms. The molecule has 61 heavy (non-hydrogen) atoms. The van der Waals surface area contributed by atoms with Gasteiger partial charge in [-0.2, -0.15) is 0 Å². The summed E-state index contributed by atoms with van der Waals surface area (Å²) in [6.45, 7) is 10.1. The molecule has 334 valence electrons. The normalized spacial score (nSPS) is 29.7.